The largest absolute Gasteiger partial charge is 0.393 e. The van der Waals surface area contributed by atoms with Gasteiger partial charge in [0, 0.05) is 0 Å². The van der Waals surface area contributed by atoms with Crippen LogP contribution >= 0.6 is 0 Å². The maximum atomic E-state index is 10.9. The summed E-state index contributed by atoms with van der Waals surface area (Å²) in [5.41, 5.74) is 1.00. The first kappa shape index (κ1) is 25.5. The van der Waals surface area contributed by atoms with Gasteiger partial charge < -0.3 is 15.3 Å². The van der Waals surface area contributed by atoms with Gasteiger partial charge in [0.15, 0.2) is 0 Å². The summed E-state index contributed by atoms with van der Waals surface area (Å²) in [6.45, 7) is 16.4. The van der Waals surface area contributed by atoms with Crippen molar-refractivity contribution in [3.05, 3.63) is 0 Å². The van der Waals surface area contributed by atoms with Crippen molar-refractivity contribution in [2.24, 2.45) is 56.7 Å². The molecule has 3 heteroatoms. The molecule has 0 amide bonds. The summed E-state index contributed by atoms with van der Waals surface area (Å²) in [5, 5.41) is 31.7. The molecule has 0 bridgehead atoms. The topological polar surface area (TPSA) is 60.7 Å². The molecule has 0 aromatic rings. The third kappa shape index (κ3) is 2.99. The maximum Gasteiger partial charge on any atom is 0.0900 e. The molecule has 34 heavy (non-hydrogen) atoms. The number of aliphatic hydroxyl groups is 3. The number of fused-ring (bicyclic) bond motifs is 2. The first-order valence-electron chi connectivity index (χ1n) is 14.8. The monoisotopic (exact) mass is 474 g/mol. The molecule has 3 nitrogen and oxygen atoms in total. The molecule has 0 aromatic heterocycles. The lowest BCUT2D eigenvalue weighted by atomic mass is 9.41. The second kappa shape index (κ2) is 7.70. The molecule has 0 saturated heterocycles. The first-order valence-corrected chi connectivity index (χ1v) is 14.8. The van der Waals surface area contributed by atoms with Gasteiger partial charge in [-0.2, -0.15) is 0 Å². The smallest absolute Gasteiger partial charge is 0.0900 e. The van der Waals surface area contributed by atoms with Gasteiger partial charge >= 0.3 is 0 Å². The average Bonchev–Trinajstić information content (AvgIpc) is 3.37. The fraction of sp³-hybridized carbons (Fsp3) is 1.00. The number of hydrogen-bond acceptors (Lipinski definition) is 3. The predicted molar refractivity (Wildman–Crippen MR) is 138 cm³/mol. The van der Waals surface area contributed by atoms with E-state index in [0.29, 0.717) is 39.9 Å². The summed E-state index contributed by atoms with van der Waals surface area (Å²) in [4.78, 5) is 0. The van der Waals surface area contributed by atoms with Crippen LogP contribution in [0.4, 0.5) is 0 Å². The minimum Gasteiger partial charge on any atom is -0.393 e. The minimum atomic E-state index is -0.940. The third-order valence-electron chi connectivity index (χ3n) is 14.2. The van der Waals surface area contributed by atoms with E-state index in [-0.39, 0.29) is 24.0 Å². The Morgan fingerprint density at radius 2 is 1.47 bits per heavy atom. The molecule has 2 spiro atoms. The van der Waals surface area contributed by atoms with Gasteiger partial charge in [-0.25, -0.2) is 0 Å². The normalized spacial score (nSPS) is 51.6. The maximum absolute atomic E-state index is 10.9. The Hall–Kier alpha value is -0.120. The van der Waals surface area contributed by atoms with Crippen LogP contribution in [0.3, 0.4) is 0 Å². The van der Waals surface area contributed by atoms with E-state index in [1.54, 1.807) is 0 Å². The third-order valence-corrected chi connectivity index (χ3v) is 14.2. The Morgan fingerprint density at radius 1 is 0.824 bits per heavy atom. The Balaban J connectivity index is 1.37. The van der Waals surface area contributed by atoms with Crippen molar-refractivity contribution < 1.29 is 15.3 Å². The van der Waals surface area contributed by atoms with Crippen LogP contribution in [0.25, 0.3) is 0 Å². The SMILES string of the molecule is CC(C)C(O)(CO)CC[C@@H](C)[C@H]1CC[C@@]2(C)[C@@H]3CC[C@H]4C(C)(C)[C@@H](O)CC[C@@]45C[C@@]35CC[C@]12C. The summed E-state index contributed by atoms with van der Waals surface area (Å²) in [5.74, 6) is 2.95. The molecule has 3 N–H and O–H groups in total. The Labute approximate surface area is 209 Å². The molecule has 0 aliphatic heterocycles. The van der Waals surface area contributed by atoms with Crippen molar-refractivity contribution in [1.82, 2.24) is 0 Å². The quantitative estimate of drug-likeness (QED) is 0.407. The Kier molecular flexibility index (Phi) is 5.78. The zero-order valence-electron chi connectivity index (χ0n) is 23.3. The molecule has 5 fully saturated rings. The molecule has 0 radical (unpaired) electrons. The van der Waals surface area contributed by atoms with Crippen LogP contribution in [0.5, 0.6) is 0 Å². The molecule has 196 valence electrons. The van der Waals surface area contributed by atoms with Crippen molar-refractivity contribution in [1.29, 1.82) is 0 Å². The van der Waals surface area contributed by atoms with Crippen LogP contribution in [0.2, 0.25) is 0 Å². The molecule has 5 aliphatic rings. The van der Waals surface area contributed by atoms with E-state index in [1.165, 1.54) is 51.4 Å². The second-order valence-electron chi connectivity index (χ2n) is 15.5. The zero-order chi connectivity index (χ0) is 24.9. The molecular formula is C31H54O3. The predicted octanol–water partition coefficient (Wildman–Crippen LogP) is 6.58. The van der Waals surface area contributed by atoms with Gasteiger partial charge in [-0.15, -0.1) is 0 Å². The van der Waals surface area contributed by atoms with Gasteiger partial charge in [0.1, 0.15) is 0 Å². The van der Waals surface area contributed by atoms with Crippen molar-refractivity contribution in [2.75, 3.05) is 6.61 Å². The van der Waals surface area contributed by atoms with Crippen LogP contribution < -0.4 is 0 Å². The van der Waals surface area contributed by atoms with Crippen molar-refractivity contribution in [2.45, 2.75) is 131 Å². The lowest BCUT2D eigenvalue weighted by Crippen LogP contribution is -2.57. The van der Waals surface area contributed by atoms with Crippen molar-refractivity contribution in [3.63, 3.8) is 0 Å². The van der Waals surface area contributed by atoms with Gasteiger partial charge in [0.2, 0.25) is 0 Å². The number of aliphatic hydroxyl groups excluding tert-OH is 2. The fourth-order valence-electron chi connectivity index (χ4n) is 11.5. The van der Waals surface area contributed by atoms with Crippen LogP contribution in [0.1, 0.15) is 119 Å². The van der Waals surface area contributed by atoms with E-state index in [1.807, 2.05) is 13.8 Å². The van der Waals surface area contributed by atoms with E-state index >= 15 is 0 Å². The molecule has 0 heterocycles. The lowest BCUT2D eigenvalue weighted by molar-refractivity contribution is -0.162. The highest BCUT2D eigenvalue weighted by Crippen LogP contribution is 2.89. The Morgan fingerprint density at radius 3 is 2.12 bits per heavy atom. The van der Waals surface area contributed by atoms with Crippen LogP contribution in [0, 0.1) is 56.7 Å². The average molecular weight is 475 g/mol. The van der Waals surface area contributed by atoms with Gasteiger partial charge in [0.05, 0.1) is 18.3 Å². The van der Waals surface area contributed by atoms with Crippen LogP contribution in [0.15, 0.2) is 0 Å². The number of rotatable bonds is 6. The fourth-order valence-corrected chi connectivity index (χ4v) is 11.5. The highest BCUT2D eigenvalue weighted by Gasteiger charge is 2.82. The summed E-state index contributed by atoms with van der Waals surface area (Å²) < 4.78 is 0. The van der Waals surface area contributed by atoms with E-state index < -0.39 is 5.60 Å². The van der Waals surface area contributed by atoms with Gasteiger partial charge in [-0.3, -0.25) is 0 Å². The van der Waals surface area contributed by atoms with Crippen LogP contribution in [-0.2, 0) is 0 Å². The first-order chi connectivity index (χ1) is 15.7. The minimum absolute atomic E-state index is 0.0705. The summed E-state index contributed by atoms with van der Waals surface area (Å²) in [6.07, 6.45) is 13.5. The van der Waals surface area contributed by atoms with Crippen molar-refractivity contribution >= 4 is 0 Å². The highest BCUT2D eigenvalue weighted by molar-refractivity contribution is 5.30. The van der Waals surface area contributed by atoms with Crippen molar-refractivity contribution in [3.8, 4) is 0 Å². The molecule has 5 aliphatic carbocycles. The molecule has 1 unspecified atom stereocenters. The van der Waals surface area contributed by atoms with Gasteiger partial charge in [0.25, 0.3) is 0 Å². The molecular weight excluding hydrogens is 420 g/mol. The Bertz CT molecular complexity index is 806. The van der Waals surface area contributed by atoms with E-state index in [9.17, 15) is 15.3 Å². The lowest BCUT2D eigenvalue weighted by Gasteiger charge is -2.63. The summed E-state index contributed by atoms with van der Waals surface area (Å²) >= 11 is 0. The molecule has 10 atom stereocenters. The van der Waals surface area contributed by atoms with Gasteiger partial charge in [-0.05, 0) is 127 Å². The number of hydrogen-bond donors (Lipinski definition) is 3. The molecule has 0 aromatic carbocycles. The van der Waals surface area contributed by atoms with E-state index in [0.717, 1.165) is 24.7 Å². The van der Waals surface area contributed by atoms with Gasteiger partial charge in [-0.1, -0.05) is 48.5 Å². The summed E-state index contributed by atoms with van der Waals surface area (Å²) in [7, 11) is 0. The standard InChI is InChI=1S/C31H54O3/c1-20(2)31(34,19-32)15-10-21(3)22-11-13-28(7)24-9-8-23-26(4,5)25(33)12-14-29(23)18-30(24,29)17-16-27(22,28)6/h20-25,32-34H,8-19H2,1-7H3/t21-,22-,23+,24+,25+,27-,28+,29-,30+,31?/m1/s1. The second-order valence-corrected chi connectivity index (χ2v) is 15.5. The van der Waals surface area contributed by atoms with Crippen LogP contribution in [-0.4, -0.2) is 33.6 Å². The summed E-state index contributed by atoms with van der Waals surface area (Å²) in [6, 6.07) is 0. The molecule has 5 rings (SSSR count). The highest BCUT2D eigenvalue weighted by atomic mass is 16.3. The van der Waals surface area contributed by atoms with E-state index in [4.69, 9.17) is 0 Å². The molecule has 5 saturated carbocycles. The van der Waals surface area contributed by atoms with E-state index in [2.05, 4.69) is 34.6 Å². The zero-order valence-corrected chi connectivity index (χ0v) is 23.3.